The highest BCUT2D eigenvalue weighted by Crippen LogP contribution is 2.61. The Balaban J connectivity index is 1.82. The van der Waals surface area contributed by atoms with Crippen LogP contribution in [0.15, 0.2) is 47.4 Å². The van der Waals surface area contributed by atoms with Crippen molar-refractivity contribution in [1.82, 2.24) is 0 Å². The van der Waals surface area contributed by atoms with Crippen LogP contribution in [0.4, 0.5) is 17.1 Å². The van der Waals surface area contributed by atoms with E-state index in [1.54, 1.807) is 23.9 Å². The molecule has 4 rings (SSSR count). The molecule has 2 aliphatic rings. The van der Waals surface area contributed by atoms with Gasteiger partial charge in [-0.25, -0.2) is 0 Å². The van der Waals surface area contributed by atoms with Crippen LogP contribution in [-0.4, -0.2) is 30.9 Å². The second-order valence-corrected chi connectivity index (χ2v) is 9.16. The number of likely N-dealkylation sites (N-methyl/N-ethyl adjacent to an activating group) is 1. The maximum Gasteiger partial charge on any atom is 0.270 e. The van der Waals surface area contributed by atoms with Crippen LogP contribution in [0.2, 0.25) is 0 Å². The normalized spacial score (nSPS) is 21.9. The smallest absolute Gasteiger partial charge is 0.270 e. The molecule has 0 saturated heterocycles. The Kier molecular flexibility index (Phi) is 3.82. The lowest BCUT2D eigenvalue weighted by molar-refractivity contribution is -0.384. The van der Waals surface area contributed by atoms with Crippen molar-refractivity contribution in [2.24, 2.45) is 0 Å². The lowest BCUT2D eigenvalue weighted by atomic mass is 9.79. The van der Waals surface area contributed by atoms with E-state index >= 15 is 0 Å². The molecule has 2 heterocycles. The summed E-state index contributed by atoms with van der Waals surface area (Å²) in [6.07, 6.45) is 4.24. The minimum absolute atomic E-state index is 0.132. The average Bonchev–Trinajstić information content (AvgIpc) is 2.79. The Hall–Kier alpha value is -2.47. The van der Waals surface area contributed by atoms with E-state index in [1.165, 1.54) is 16.9 Å². The number of benzene rings is 2. The summed E-state index contributed by atoms with van der Waals surface area (Å²) in [7, 11) is 6.25. The van der Waals surface area contributed by atoms with Crippen molar-refractivity contribution >= 4 is 34.9 Å². The van der Waals surface area contributed by atoms with Gasteiger partial charge in [-0.15, -0.1) is 0 Å². The van der Waals surface area contributed by atoms with Crippen LogP contribution in [-0.2, 0) is 5.41 Å². The third-order valence-electron chi connectivity index (χ3n) is 5.88. The van der Waals surface area contributed by atoms with Gasteiger partial charge in [0, 0.05) is 55.0 Å². The number of thioether (sulfide) groups is 1. The molecule has 140 valence electrons. The number of rotatable bonds is 2. The van der Waals surface area contributed by atoms with Gasteiger partial charge in [0.2, 0.25) is 0 Å². The first kappa shape index (κ1) is 17.9. The van der Waals surface area contributed by atoms with Gasteiger partial charge in [0.1, 0.15) is 4.87 Å². The summed E-state index contributed by atoms with van der Waals surface area (Å²) < 4.78 is 0. The van der Waals surface area contributed by atoms with Gasteiger partial charge >= 0.3 is 0 Å². The van der Waals surface area contributed by atoms with Gasteiger partial charge < -0.3 is 9.80 Å². The molecular formula is C21H23N3O2S. The van der Waals surface area contributed by atoms with E-state index in [1.807, 2.05) is 12.1 Å². The monoisotopic (exact) mass is 381 g/mol. The van der Waals surface area contributed by atoms with Crippen LogP contribution in [0.1, 0.15) is 25.0 Å². The Labute approximate surface area is 163 Å². The largest absolute Gasteiger partial charge is 0.378 e. The van der Waals surface area contributed by atoms with Gasteiger partial charge in [0.05, 0.1) is 4.92 Å². The van der Waals surface area contributed by atoms with E-state index in [-0.39, 0.29) is 20.9 Å². The Morgan fingerprint density at radius 1 is 1.15 bits per heavy atom. The van der Waals surface area contributed by atoms with Crippen molar-refractivity contribution in [2.75, 3.05) is 30.9 Å². The van der Waals surface area contributed by atoms with E-state index < -0.39 is 0 Å². The molecule has 1 atom stereocenters. The zero-order chi connectivity index (χ0) is 19.6. The van der Waals surface area contributed by atoms with Crippen molar-refractivity contribution < 1.29 is 4.92 Å². The molecule has 0 amide bonds. The van der Waals surface area contributed by atoms with E-state index in [2.05, 4.69) is 69.1 Å². The molecule has 0 fully saturated rings. The predicted molar refractivity (Wildman–Crippen MR) is 113 cm³/mol. The number of nitro benzene ring substituents is 1. The lowest BCUT2D eigenvalue weighted by Crippen LogP contribution is -2.50. The first-order valence-corrected chi connectivity index (χ1v) is 9.71. The molecule has 0 aromatic heterocycles. The van der Waals surface area contributed by atoms with Crippen LogP contribution in [0, 0.1) is 10.1 Å². The van der Waals surface area contributed by atoms with E-state index in [0.717, 1.165) is 10.5 Å². The molecule has 5 nitrogen and oxygen atoms in total. The number of fused-ring (bicyclic) bond motifs is 2. The summed E-state index contributed by atoms with van der Waals surface area (Å²) in [6, 6.07) is 11.8. The molecule has 6 heteroatoms. The third-order valence-corrected chi connectivity index (χ3v) is 7.71. The number of nitrogens with zero attached hydrogens (tertiary/aromatic N) is 3. The Morgan fingerprint density at radius 2 is 1.89 bits per heavy atom. The molecule has 0 N–H and O–H groups in total. The number of hydrogen-bond acceptors (Lipinski definition) is 5. The first-order chi connectivity index (χ1) is 12.7. The summed E-state index contributed by atoms with van der Waals surface area (Å²) >= 11 is 1.78. The molecule has 1 unspecified atom stereocenters. The summed E-state index contributed by atoms with van der Waals surface area (Å²) in [5, 5.41) is 11.1. The number of non-ortho nitro benzene ring substituents is 1. The number of hydrogen-bond donors (Lipinski definition) is 0. The van der Waals surface area contributed by atoms with Crippen LogP contribution < -0.4 is 9.80 Å². The quantitative estimate of drug-likeness (QED) is 0.547. The number of anilines is 2. The highest BCUT2D eigenvalue weighted by atomic mass is 32.2. The van der Waals surface area contributed by atoms with Crippen LogP contribution in [0.25, 0.3) is 6.08 Å². The SMILES string of the molecule is CN(C)c1ccc2c(c1)C(C)(C)C1(C=Cc3cc([N+](=O)[O-])ccc3S1)N2C. The van der Waals surface area contributed by atoms with Crippen molar-refractivity contribution in [2.45, 2.75) is 29.0 Å². The van der Waals surface area contributed by atoms with E-state index in [0.29, 0.717) is 0 Å². The summed E-state index contributed by atoms with van der Waals surface area (Å²) in [6.45, 7) is 4.56. The predicted octanol–water partition coefficient (Wildman–Crippen LogP) is 4.90. The van der Waals surface area contributed by atoms with Crippen LogP contribution >= 0.6 is 11.8 Å². The second-order valence-electron chi connectivity index (χ2n) is 7.89. The zero-order valence-electron chi connectivity index (χ0n) is 16.2. The summed E-state index contributed by atoms with van der Waals surface area (Å²) in [5.74, 6) is 0. The molecule has 0 aliphatic carbocycles. The molecule has 27 heavy (non-hydrogen) atoms. The Morgan fingerprint density at radius 3 is 2.56 bits per heavy atom. The minimum Gasteiger partial charge on any atom is -0.378 e. The van der Waals surface area contributed by atoms with Crippen molar-refractivity contribution in [3.05, 3.63) is 63.7 Å². The van der Waals surface area contributed by atoms with Gasteiger partial charge in [-0.05, 0) is 41.5 Å². The van der Waals surface area contributed by atoms with Gasteiger partial charge in [0.25, 0.3) is 5.69 Å². The van der Waals surface area contributed by atoms with Crippen LogP contribution in [0.3, 0.4) is 0 Å². The van der Waals surface area contributed by atoms with Crippen LogP contribution in [0.5, 0.6) is 0 Å². The van der Waals surface area contributed by atoms with E-state index in [9.17, 15) is 10.1 Å². The molecule has 1 spiro atoms. The Bertz CT molecular complexity index is 983. The second kappa shape index (κ2) is 5.76. The molecule has 0 bridgehead atoms. The highest BCUT2D eigenvalue weighted by Gasteiger charge is 2.56. The fourth-order valence-corrected chi connectivity index (χ4v) is 5.63. The zero-order valence-corrected chi connectivity index (χ0v) is 17.0. The third kappa shape index (κ3) is 2.39. The fourth-order valence-electron chi connectivity index (χ4n) is 4.18. The summed E-state index contributed by atoms with van der Waals surface area (Å²) in [4.78, 5) is 16.0. The van der Waals surface area contributed by atoms with E-state index in [4.69, 9.17) is 0 Å². The van der Waals surface area contributed by atoms with Crippen molar-refractivity contribution in [3.8, 4) is 0 Å². The molecular weight excluding hydrogens is 358 g/mol. The molecule has 2 aromatic rings. The maximum absolute atomic E-state index is 11.1. The first-order valence-electron chi connectivity index (χ1n) is 8.90. The van der Waals surface area contributed by atoms with Gasteiger partial charge in [-0.2, -0.15) is 0 Å². The van der Waals surface area contributed by atoms with Gasteiger partial charge in [-0.3, -0.25) is 10.1 Å². The van der Waals surface area contributed by atoms with Crippen molar-refractivity contribution in [3.63, 3.8) is 0 Å². The molecule has 0 radical (unpaired) electrons. The molecule has 2 aromatic carbocycles. The molecule has 0 saturated carbocycles. The highest BCUT2D eigenvalue weighted by molar-refractivity contribution is 8.01. The maximum atomic E-state index is 11.1. The lowest BCUT2D eigenvalue weighted by Gasteiger charge is -2.45. The van der Waals surface area contributed by atoms with Gasteiger partial charge in [-0.1, -0.05) is 31.7 Å². The average molecular weight is 382 g/mol. The minimum atomic E-state index is -0.340. The van der Waals surface area contributed by atoms with Crippen molar-refractivity contribution in [1.29, 1.82) is 0 Å². The van der Waals surface area contributed by atoms with Gasteiger partial charge in [0.15, 0.2) is 0 Å². The standard InChI is InChI=1S/C21H23N3O2S/c1-20(2)17-13-15(22(3)4)6-8-18(17)23(5)21(20)11-10-14-12-16(24(25)26)7-9-19(14)27-21/h6-13H,1-5H3. The summed E-state index contributed by atoms with van der Waals surface area (Å²) in [5.41, 5.74) is 4.64. The molecule has 2 aliphatic heterocycles. The fraction of sp³-hybridized carbons (Fsp3) is 0.333. The number of nitro groups is 1. The topological polar surface area (TPSA) is 49.6 Å².